The minimum Gasteiger partial charge on any atom is -0.488 e. The van der Waals surface area contributed by atoms with Crippen LogP contribution in [0.25, 0.3) is 11.1 Å². The monoisotopic (exact) mass is 245 g/mol. The molecule has 2 N–H and O–H groups in total. The molecule has 3 rings (SSSR count). The van der Waals surface area contributed by atoms with Crippen molar-refractivity contribution in [2.45, 2.75) is 12.5 Å². The van der Waals surface area contributed by atoms with Gasteiger partial charge >= 0.3 is 0 Å². The van der Waals surface area contributed by atoms with E-state index in [4.69, 9.17) is 10.5 Å². The Kier molecular flexibility index (Phi) is 2.68. The van der Waals surface area contributed by atoms with Crippen molar-refractivity contribution in [3.8, 4) is 16.9 Å². The van der Waals surface area contributed by atoms with E-state index in [1.54, 1.807) is 12.4 Å². The molecule has 18 heavy (non-hydrogen) atoms. The van der Waals surface area contributed by atoms with E-state index in [0.29, 0.717) is 24.3 Å². The van der Waals surface area contributed by atoms with E-state index in [-0.39, 0.29) is 11.9 Å². The van der Waals surface area contributed by atoms with E-state index in [1.165, 1.54) is 18.5 Å². The predicted molar refractivity (Wildman–Crippen MR) is 64.6 cm³/mol. The number of nitrogens with two attached hydrogens (primary N) is 1. The molecular weight excluding hydrogens is 233 g/mol. The topological polar surface area (TPSA) is 61.0 Å². The third-order valence-electron chi connectivity index (χ3n) is 3.00. The molecule has 0 aliphatic carbocycles. The summed E-state index contributed by atoms with van der Waals surface area (Å²) in [6, 6.07) is 2.94. The Hall–Kier alpha value is -2.01. The van der Waals surface area contributed by atoms with Gasteiger partial charge in [0.15, 0.2) is 0 Å². The molecule has 0 amide bonds. The maximum Gasteiger partial charge on any atom is 0.131 e. The van der Waals surface area contributed by atoms with Crippen LogP contribution in [0.3, 0.4) is 0 Å². The summed E-state index contributed by atoms with van der Waals surface area (Å²) in [5.41, 5.74) is 7.87. The lowest BCUT2D eigenvalue weighted by Gasteiger charge is -2.10. The fraction of sp³-hybridized carbons (Fsp3) is 0.231. The maximum absolute atomic E-state index is 13.6. The molecule has 0 saturated heterocycles. The van der Waals surface area contributed by atoms with E-state index in [1.807, 2.05) is 0 Å². The lowest BCUT2D eigenvalue weighted by Crippen LogP contribution is -2.24. The number of halogens is 1. The largest absolute Gasteiger partial charge is 0.488 e. The third-order valence-corrected chi connectivity index (χ3v) is 3.00. The summed E-state index contributed by atoms with van der Waals surface area (Å²) in [6.07, 6.45) is 5.28. The van der Waals surface area contributed by atoms with E-state index in [9.17, 15) is 4.39 Å². The number of ether oxygens (including phenoxy) is 1. The molecule has 0 fully saturated rings. The Morgan fingerprint density at radius 2 is 2.11 bits per heavy atom. The van der Waals surface area contributed by atoms with Crippen LogP contribution in [0.5, 0.6) is 5.75 Å². The second-order valence-electron chi connectivity index (χ2n) is 4.25. The van der Waals surface area contributed by atoms with Crippen molar-refractivity contribution < 1.29 is 9.13 Å². The van der Waals surface area contributed by atoms with Crippen LogP contribution in [-0.2, 0) is 6.42 Å². The highest BCUT2D eigenvalue weighted by Gasteiger charge is 2.26. The molecule has 1 aromatic carbocycles. The molecule has 0 spiro atoms. The van der Waals surface area contributed by atoms with Crippen molar-refractivity contribution in [3.63, 3.8) is 0 Å². The van der Waals surface area contributed by atoms with Crippen LogP contribution in [-0.4, -0.2) is 22.6 Å². The number of fused-ring (bicyclic) bond motifs is 1. The van der Waals surface area contributed by atoms with Crippen LogP contribution in [0.4, 0.5) is 4.39 Å². The lowest BCUT2D eigenvalue weighted by molar-refractivity contribution is 0.242. The number of aromatic nitrogens is 2. The predicted octanol–water partition coefficient (Wildman–Crippen LogP) is 1.54. The summed E-state index contributed by atoms with van der Waals surface area (Å²) in [6.45, 7) is 0.418. The number of benzene rings is 1. The van der Waals surface area contributed by atoms with Crippen LogP contribution in [0.2, 0.25) is 0 Å². The van der Waals surface area contributed by atoms with Gasteiger partial charge in [-0.05, 0) is 12.1 Å². The van der Waals surface area contributed by atoms with Gasteiger partial charge in [0, 0.05) is 42.0 Å². The highest BCUT2D eigenvalue weighted by molar-refractivity contribution is 5.72. The van der Waals surface area contributed by atoms with E-state index in [2.05, 4.69) is 9.97 Å². The molecule has 1 atom stereocenters. The maximum atomic E-state index is 13.6. The minimum absolute atomic E-state index is 0.0785. The Bertz CT molecular complexity index is 574. The van der Waals surface area contributed by atoms with Crippen molar-refractivity contribution >= 4 is 0 Å². The van der Waals surface area contributed by atoms with Gasteiger partial charge in [0.05, 0.1) is 0 Å². The molecule has 0 unspecified atom stereocenters. The first-order valence-electron chi connectivity index (χ1n) is 5.72. The molecule has 0 bridgehead atoms. The molecule has 2 heterocycles. The zero-order chi connectivity index (χ0) is 12.5. The Morgan fingerprint density at radius 3 is 2.83 bits per heavy atom. The third kappa shape index (κ3) is 1.82. The summed E-state index contributed by atoms with van der Waals surface area (Å²) < 4.78 is 19.4. The van der Waals surface area contributed by atoms with Gasteiger partial charge in [-0.3, -0.25) is 0 Å². The summed E-state index contributed by atoms with van der Waals surface area (Å²) in [5.74, 6) is 0.413. The molecule has 0 saturated carbocycles. The molecule has 2 aromatic rings. The van der Waals surface area contributed by atoms with Crippen LogP contribution < -0.4 is 10.5 Å². The average molecular weight is 245 g/mol. The fourth-order valence-electron chi connectivity index (χ4n) is 2.18. The first-order chi connectivity index (χ1) is 8.78. The highest BCUT2D eigenvalue weighted by Crippen LogP contribution is 2.38. The van der Waals surface area contributed by atoms with Gasteiger partial charge in [-0.25, -0.2) is 14.4 Å². The van der Waals surface area contributed by atoms with Crippen molar-refractivity contribution in [1.29, 1.82) is 0 Å². The average Bonchev–Trinajstić information content (AvgIpc) is 2.81. The van der Waals surface area contributed by atoms with Crippen molar-refractivity contribution in [3.05, 3.63) is 42.2 Å². The molecule has 1 aliphatic heterocycles. The quantitative estimate of drug-likeness (QED) is 0.872. The number of nitrogens with zero attached hydrogens (tertiary/aromatic N) is 2. The molecule has 4 nitrogen and oxygen atoms in total. The van der Waals surface area contributed by atoms with Gasteiger partial charge in [0.1, 0.15) is 24.0 Å². The Morgan fingerprint density at radius 1 is 1.33 bits per heavy atom. The Labute approximate surface area is 104 Å². The van der Waals surface area contributed by atoms with Crippen molar-refractivity contribution in [2.24, 2.45) is 5.73 Å². The highest BCUT2D eigenvalue weighted by atomic mass is 19.1. The molecule has 0 radical (unpaired) electrons. The number of hydrogen-bond acceptors (Lipinski definition) is 4. The summed E-state index contributed by atoms with van der Waals surface area (Å²) in [7, 11) is 0. The second-order valence-corrected chi connectivity index (χ2v) is 4.25. The first-order valence-corrected chi connectivity index (χ1v) is 5.72. The van der Waals surface area contributed by atoms with E-state index in [0.717, 1.165) is 11.1 Å². The second kappa shape index (κ2) is 4.34. The summed E-state index contributed by atoms with van der Waals surface area (Å²) in [5, 5.41) is 0. The van der Waals surface area contributed by atoms with Crippen LogP contribution in [0.15, 0.2) is 30.9 Å². The van der Waals surface area contributed by atoms with Crippen molar-refractivity contribution in [1.82, 2.24) is 9.97 Å². The van der Waals surface area contributed by atoms with Gasteiger partial charge in [-0.1, -0.05) is 0 Å². The molecular formula is C13H12FN3O. The van der Waals surface area contributed by atoms with E-state index < -0.39 is 0 Å². The van der Waals surface area contributed by atoms with Gasteiger partial charge in [-0.15, -0.1) is 0 Å². The van der Waals surface area contributed by atoms with Crippen LogP contribution >= 0.6 is 0 Å². The smallest absolute Gasteiger partial charge is 0.131 e. The number of hydrogen-bond donors (Lipinski definition) is 1. The minimum atomic E-state index is -0.283. The first kappa shape index (κ1) is 11.1. The van der Waals surface area contributed by atoms with Gasteiger partial charge < -0.3 is 10.5 Å². The standard InChI is InChI=1S/C13H12FN3O/c14-10-1-8-2-11(4-15)18-13(8)12(3-10)9-5-16-7-17-6-9/h1,3,5-7,11H,2,4,15H2/t11-/m1/s1. The van der Waals surface area contributed by atoms with Crippen molar-refractivity contribution in [2.75, 3.05) is 6.54 Å². The SMILES string of the molecule is NC[C@H]1Cc2cc(F)cc(-c3cncnc3)c2O1. The fourth-order valence-corrected chi connectivity index (χ4v) is 2.18. The van der Waals surface area contributed by atoms with E-state index >= 15 is 0 Å². The lowest BCUT2D eigenvalue weighted by atomic mass is 10.0. The molecule has 5 heteroatoms. The zero-order valence-electron chi connectivity index (χ0n) is 9.64. The number of rotatable bonds is 2. The van der Waals surface area contributed by atoms with Crippen LogP contribution in [0, 0.1) is 5.82 Å². The van der Waals surface area contributed by atoms with Gasteiger partial charge in [0.25, 0.3) is 0 Å². The normalized spacial score (nSPS) is 17.3. The Balaban J connectivity index is 2.12. The molecule has 92 valence electrons. The van der Waals surface area contributed by atoms with Crippen LogP contribution in [0.1, 0.15) is 5.56 Å². The summed E-state index contributed by atoms with van der Waals surface area (Å²) >= 11 is 0. The molecule has 1 aliphatic rings. The van der Waals surface area contributed by atoms with Gasteiger partial charge in [0.2, 0.25) is 0 Å². The van der Waals surface area contributed by atoms with Gasteiger partial charge in [-0.2, -0.15) is 0 Å². The summed E-state index contributed by atoms with van der Waals surface area (Å²) in [4.78, 5) is 7.88. The zero-order valence-corrected chi connectivity index (χ0v) is 9.64. The molecule has 1 aromatic heterocycles.